The fourth-order valence-corrected chi connectivity index (χ4v) is 3.23. The van der Waals surface area contributed by atoms with Crippen molar-refractivity contribution in [1.29, 1.82) is 0 Å². The largest absolute Gasteiger partial charge is 0.351 e. The van der Waals surface area contributed by atoms with Gasteiger partial charge in [-0.1, -0.05) is 47.9 Å². The van der Waals surface area contributed by atoms with Crippen LogP contribution in [-0.2, 0) is 4.79 Å². The van der Waals surface area contributed by atoms with E-state index in [0.29, 0.717) is 5.56 Å². The first-order valence-electron chi connectivity index (χ1n) is 9.45. The number of aryl methyl sites for hydroxylation is 2. The summed E-state index contributed by atoms with van der Waals surface area (Å²) in [6.07, 6.45) is 5.29. The summed E-state index contributed by atoms with van der Waals surface area (Å²) in [5.41, 5.74) is 5.30. The van der Waals surface area contributed by atoms with E-state index in [1.54, 1.807) is 0 Å². The number of hydrogen-bond donors (Lipinski definition) is 2. The van der Waals surface area contributed by atoms with Gasteiger partial charge in [-0.25, -0.2) is 4.98 Å². The van der Waals surface area contributed by atoms with Crippen molar-refractivity contribution in [2.24, 2.45) is 0 Å². The lowest BCUT2D eigenvalue weighted by Gasteiger charge is -2.12. The monoisotopic (exact) mass is 385 g/mol. The molecule has 3 rings (SSSR count). The first-order valence-corrected chi connectivity index (χ1v) is 9.45. The third-order valence-corrected chi connectivity index (χ3v) is 4.64. The molecule has 0 radical (unpaired) electrons. The van der Waals surface area contributed by atoms with Crippen LogP contribution in [0, 0.1) is 26.2 Å². The first-order chi connectivity index (χ1) is 14.0. The van der Waals surface area contributed by atoms with E-state index in [4.69, 9.17) is 11.4 Å². The number of pyridine rings is 1. The van der Waals surface area contributed by atoms with Gasteiger partial charge in [0, 0.05) is 23.9 Å². The van der Waals surface area contributed by atoms with Gasteiger partial charge in [0.05, 0.1) is 23.3 Å². The van der Waals surface area contributed by atoms with Gasteiger partial charge in [-0.05, 0) is 31.5 Å². The van der Waals surface area contributed by atoms with E-state index in [-0.39, 0.29) is 31.3 Å². The number of hydrogen-bond acceptors (Lipinski definition) is 3. The molecule has 0 bridgehead atoms. The van der Waals surface area contributed by atoms with E-state index in [2.05, 4.69) is 22.6 Å². The smallest absolute Gasteiger partial charge is 0.252 e. The number of terminal acetylenes is 1. The number of para-hydroxylation sites is 1. The van der Waals surface area contributed by atoms with Gasteiger partial charge in [0.15, 0.2) is 0 Å². The minimum absolute atomic E-state index is 0.167. The SMILES string of the molecule is C#CCNC(=O)CCNC(=O)c1cc(-c2ccc(C)cc2C)nc2ccccc12. The van der Waals surface area contributed by atoms with Crippen molar-refractivity contribution in [3.63, 3.8) is 0 Å². The fraction of sp³-hybridized carbons (Fsp3) is 0.208. The Bertz CT molecular complexity index is 1110. The molecule has 1 aromatic heterocycles. The number of rotatable bonds is 6. The molecule has 0 saturated carbocycles. The Labute approximate surface area is 170 Å². The number of carbonyl (C=O) groups is 2. The molecule has 0 fully saturated rings. The summed E-state index contributed by atoms with van der Waals surface area (Å²) in [4.78, 5) is 29.3. The lowest BCUT2D eigenvalue weighted by atomic mass is 9.99. The predicted octanol–water partition coefficient (Wildman–Crippen LogP) is 3.39. The maximum absolute atomic E-state index is 12.9. The van der Waals surface area contributed by atoms with E-state index in [9.17, 15) is 9.59 Å². The van der Waals surface area contributed by atoms with Crippen LogP contribution in [-0.4, -0.2) is 29.9 Å². The van der Waals surface area contributed by atoms with E-state index >= 15 is 0 Å². The van der Waals surface area contributed by atoms with Gasteiger partial charge in [-0.2, -0.15) is 0 Å². The Morgan fingerprint density at radius 2 is 1.86 bits per heavy atom. The number of nitrogens with one attached hydrogen (secondary N) is 2. The van der Waals surface area contributed by atoms with Crippen molar-refractivity contribution >= 4 is 22.7 Å². The topological polar surface area (TPSA) is 71.1 Å². The van der Waals surface area contributed by atoms with Crippen molar-refractivity contribution in [1.82, 2.24) is 15.6 Å². The molecule has 3 aromatic rings. The molecule has 2 N–H and O–H groups in total. The summed E-state index contributed by atoms with van der Waals surface area (Å²) in [5.74, 6) is 1.92. The second-order valence-corrected chi connectivity index (χ2v) is 6.88. The minimum atomic E-state index is -0.237. The summed E-state index contributed by atoms with van der Waals surface area (Å²) < 4.78 is 0. The summed E-state index contributed by atoms with van der Waals surface area (Å²) in [6, 6.07) is 15.5. The molecule has 0 spiro atoms. The van der Waals surface area contributed by atoms with Crippen molar-refractivity contribution in [3.05, 3.63) is 65.2 Å². The maximum atomic E-state index is 12.9. The number of carbonyl (C=O) groups excluding carboxylic acids is 2. The summed E-state index contributed by atoms with van der Waals surface area (Å²) in [7, 11) is 0. The molecule has 2 aromatic carbocycles. The molecule has 0 aliphatic rings. The molecular weight excluding hydrogens is 362 g/mol. The van der Waals surface area contributed by atoms with Gasteiger partial charge >= 0.3 is 0 Å². The quantitative estimate of drug-likeness (QED) is 0.639. The zero-order valence-electron chi connectivity index (χ0n) is 16.6. The second kappa shape index (κ2) is 9.03. The van der Waals surface area contributed by atoms with Crippen molar-refractivity contribution < 1.29 is 9.59 Å². The molecule has 1 heterocycles. The first kappa shape index (κ1) is 20.1. The zero-order valence-corrected chi connectivity index (χ0v) is 16.6. The standard InChI is InChI=1S/C24H23N3O2/c1-4-12-25-23(28)11-13-26-24(29)20-15-22(18-10-9-16(2)14-17(18)3)27-21-8-6-5-7-19(20)21/h1,5-10,14-15H,11-13H2,2-3H3,(H,25,28)(H,26,29). The van der Waals surface area contributed by atoms with Gasteiger partial charge in [0.1, 0.15) is 0 Å². The molecule has 29 heavy (non-hydrogen) atoms. The van der Waals surface area contributed by atoms with E-state index in [0.717, 1.165) is 27.7 Å². The van der Waals surface area contributed by atoms with Crippen LogP contribution in [0.5, 0.6) is 0 Å². The number of nitrogens with zero attached hydrogens (tertiary/aromatic N) is 1. The highest BCUT2D eigenvalue weighted by molar-refractivity contribution is 6.07. The summed E-state index contributed by atoms with van der Waals surface area (Å²) in [6.45, 7) is 4.49. The van der Waals surface area contributed by atoms with Crippen LogP contribution in [0.2, 0.25) is 0 Å². The van der Waals surface area contributed by atoms with Crippen LogP contribution in [0.1, 0.15) is 27.9 Å². The van der Waals surface area contributed by atoms with Gasteiger partial charge < -0.3 is 10.6 Å². The second-order valence-electron chi connectivity index (χ2n) is 6.88. The maximum Gasteiger partial charge on any atom is 0.252 e. The van der Waals surface area contributed by atoms with Crippen molar-refractivity contribution in [2.45, 2.75) is 20.3 Å². The van der Waals surface area contributed by atoms with Gasteiger partial charge in [0.2, 0.25) is 5.91 Å². The minimum Gasteiger partial charge on any atom is -0.351 e. The molecule has 5 heteroatoms. The normalized spacial score (nSPS) is 10.4. The third-order valence-electron chi connectivity index (χ3n) is 4.64. The van der Waals surface area contributed by atoms with Crippen LogP contribution >= 0.6 is 0 Å². The van der Waals surface area contributed by atoms with Crippen molar-refractivity contribution in [3.8, 4) is 23.6 Å². The Morgan fingerprint density at radius 1 is 1.07 bits per heavy atom. The Hall–Kier alpha value is -3.65. The van der Waals surface area contributed by atoms with E-state index in [1.165, 1.54) is 5.56 Å². The molecule has 2 amide bonds. The van der Waals surface area contributed by atoms with Gasteiger partial charge in [0.25, 0.3) is 5.91 Å². The summed E-state index contributed by atoms with van der Waals surface area (Å²) >= 11 is 0. The number of fused-ring (bicyclic) bond motifs is 1. The van der Waals surface area contributed by atoms with Crippen LogP contribution in [0.4, 0.5) is 0 Å². The zero-order chi connectivity index (χ0) is 20.8. The average Bonchev–Trinajstić information content (AvgIpc) is 2.71. The molecule has 0 atom stereocenters. The third kappa shape index (κ3) is 4.80. The summed E-state index contributed by atoms with van der Waals surface area (Å²) in [5, 5.41) is 6.18. The Morgan fingerprint density at radius 3 is 2.62 bits per heavy atom. The molecule has 0 unspecified atom stereocenters. The van der Waals surface area contributed by atoms with Gasteiger partial charge in [-0.15, -0.1) is 6.42 Å². The molecule has 0 saturated heterocycles. The molecule has 146 valence electrons. The lowest BCUT2D eigenvalue weighted by molar-refractivity contribution is -0.120. The van der Waals surface area contributed by atoms with Gasteiger partial charge in [-0.3, -0.25) is 9.59 Å². The van der Waals surface area contributed by atoms with Crippen LogP contribution in [0.15, 0.2) is 48.5 Å². The average molecular weight is 385 g/mol. The van der Waals surface area contributed by atoms with Crippen LogP contribution in [0.25, 0.3) is 22.2 Å². The Kier molecular flexibility index (Phi) is 6.25. The molecular formula is C24H23N3O2. The van der Waals surface area contributed by atoms with E-state index < -0.39 is 0 Å². The number of aromatic nitrogens is 1. The van der Waals surface area contributed by atoms with Crippen molar-refractivity contribution in [2.75, 3.05) is 13.1 Å². The molecule has 0 aliphatic heterocycles. The lowest BCUT2D eigenvalue weighted by Crippen LogP contribution is -2.31. The molecule has 0 aliphatic carbocycles. The highest BCUT2D eigenvalue weighted by Gasteiger charge is 2.15. The van der Waals surface area contributed by atoms with E-state index in [1.807, 2.05) is 56.3 Å². The molecule has 5 nitrogen and oxygen atoms in total. The van der Waals surface area contributed by atoms with Crippen LogP contribution in [0.3, 0.4) is 0 Å². The predicted molar refractivity (Wildman–Crippen MR) is 115 cm³/mol. The highest BCUT2D eigenvalue weighted by atomic mass is 16.2. The number of amides is 2. The Balaban J connectivity index is 1.89. The highest BCUT2D eigenvalue weighted by Crippen LogP contribution is 2.27. The van der Waals surface area contributed by atoms with Crippen LogP contribution < -0.4 is 10.6 Å². The number of benzene rings is 2. The fourth-order valence-electron chi connectivity index (χ4n) is 3.23.